The van der Waals surface area contributed by atoms with E-state index in [1.54, 1.807) is 6.07 Å². The molecule has 3 N–H and O–H groups in total. The van der Waals surface area contributed by atoms with Gasteiger partial charge in [-0.3, -0.25) is 0 Å². The quantitative estimate of drug-likeness (QED) is 0.652. The van der Waals surface area contributed by atoms with E-state index < -0.39 is 6.10 Å². The summed E-state index contributed by atoms with van der Waals surface area (Å²) in [5.74, 6) is 0. The second-order valence-electron chi connectivity index (χ2n) is 6.15. The van der Waals surface area contributed by atoms with Gasteiger partial charge in [-0.1, -0.05) is 11.6 Å². The fourth-order valence-corrected chi connectivity index (χ4v) is 3.57. The van der Waals surface area contributed by atoms with Crippen molar-refractivity contribution >= 4 is 22.8 Å². The number of pyridine rings is 1. The number of nitrogens with one attached hydrogen (secondary N) is 2. The van der Waals surface area contributed by atoms with Crippen LogP contribution in [0.4, 0.5) is 0 Å². The number of imidazole rings is 1. The largest absolute Gasteiger partial charge is 0.456 e. The number of nitrogens with zero attached hydrogens (tertiary/aromatic N) is 2. The van der Waals surface area contributed by atoms with E-state index in [9.17, 15) is 5.11 Å². The van der Waals surface area contributed by atoms with Crippen LogP contribution >= 0.6 is 11.6 Å². The standard InChI is InChI=1S/C16H15ClN4O4/c17-8-3-9-15(20-12(8)7-1-2-18-4-7)21-16(19-9)25-11-6-24-13-10(22)5-23-14(11)13/h1-4,10-11,13-14,18,22H,5-6H2,(H,19,20,21)/t10?,11-,13-,14-/m1/s1. The summed E-state index contributed by atoms with van der Waals surface area (Å²) in [5.41, 5.74) is 2.73. The molecule has 0 aliphatic carbocycles. The van der Waals surface area contributed by atoms with Crippen LogP contribution in [0.1, 0.15) is 0 Å². The van der Waals surface area contributed by atoms with Crippen molar-refractivity contribution in [1.29, 1.82) is 0 Å². The molecule has 0 bridgehead atoms. The minimum atomic E-state index is -0.612. The highest BCUT2D eigenvalue weighted by Gasteiger charge is 2.48. The lowest BCUT2D eigenvalue weighted by molar-refractivity contribution is 0.00706. The lowest BCUT2D eigenvalue weighted by Crippen LogP contribution is -2.34. The van der Waals surface area contributed by atoms with Crippen molar-refractivity contribution < 1.29 is 19.3 Å². The maximum Gasteiger partial charge on any atom is 0.296 e. The molecular formula is C16H15ClN4O4. The average Bonchev–Trinajstić information content (AvgIpc) is 3.34. The highest BCUT2D eigenvalue weighted by molar-refractivity contribution is 6.33. The number of aliphatic hydroxyl groups excluding tert-OH is 1. The number of fused-ring (bicyclic) bond motifs is 2. The third-order valence-electron chi connectivity index (χ3n) is 4.52. The molecule has 130 valence electrons. The summed E-state index contributed by atoms with van der Waals surface area (Å²) in [6.07, 6.45) is 2.05. The Hall–Kier alpha value is -2.13. The van der Waals surface area contributed by atoms with Crippen molar-refractivity contribution in [1.82, 2.24) is 19.9 Å². The van der Waals surface area contributed by atoms with E-state index in [1.165, 1.54) is 0 Å². The van der Waals surface area contributed by atoms with Gasteiger partial charge in [-0.25, -0.2) is 4.98 Å². The Balaban J connectivity index is 1.43. The van der Waals surface area contributed by atoms with Gasteiger partial charge in [-0.15, -0.1) is 0 Å². The molecule has 5 rings (SSSR count). The second-order valence-corrected chi connectivity index (χ2v) is 6.56. The molecule has 3 aromatic heterocycles. The van der Waals surface area contributed by atoms with Gasteiger partial charge in [0.05, 0.1) is 29.4 Å². The predicted octanol–water partition coefficient (Wildman–Crippen LogP) is 1.51. The minimum Gasteiger partial charge on any atom is -0.456 e. The summed E-state index contributed by atoms with van der Waals surface area (Å²) in [7, 11) is 0. The zero-order chi connectivity index (χ0) is 17.0. The van der Waals surface area contributed by atoms with Gasteiger partial charge in [0.1, 0.15) is 18.3 Å². The van der Waals surface area contributed by atoms with E-state index in [4.69, 9.17) is 25.8 Å². The molecule has 2 aliphatic heterocycles. The fraction of sp³-hybridized carbons (Fsp3) is 0.375. The Morgan fingerprint density at radius 3 is 2.96 bits per heavy atom. The topological polar surface area (TPSA) is 105 Å². The third-order valence-corrected chi connectivity index (χ3v) is 4.81. The van der Waals surface area contributed by atoms with Crippen LogP contribution in [0.3, 0.4) is 0 Å². The molecule has 25 heavy (non-hydrogen) atoms. The van der Waals surface area contributed by atoms with E-state index in [2.05, 4.69) is 19.9 Å². The molecule has 0 radical (unpaired) electrons. The minimum absolute atomic E-state index is 0.256. The van der Waals surface area contributed by atoms with Crippen molar-refractivity contribution in [3.05, 3.63) is 29.5 Å². The van der Waals surface area contributed by atoms with Gasteiger partial charge < -0.3 is 29.3 Å². The van der Waals surface area contributed by atoms with Crippen LogP contribution in [0.25, 0.3) is 22.4 Å². The maximum absolute atomic E-state index is 9.79. The fourth-order valence-electron chi connectivity index (χ4n) is 3.31. The predicted molar refractivity (Wildman–Crippen MR) is 88.6 cm³/mol. The Labute approximate surface area is 147 Å². The van der Waals surface area contributed by atoms with Gasteiger partial charge >= 0.3 is 0 Å². The normalized spacial score (nSPS) is 28.6. The lowest BCUT2D eigenvalue weighted by Gasteiger charge is -2.15. The van der Waals surface area contributed by atoms with Gasteiger partial charge in [0.2, 0.25) is 0 Å². The lowest BCUT2D eigenvalue weighted by atomic mass is 10.1. The number of aromatic nitrogens is 4. The first kappa shape index (κ1) is 15.2. The van der Waals surface area contributed by atoms with E-state index in [1.807, 2.05) is 18.5 Å². The molecule has 4 atom stereocenters. The molecule has 0 saturated carbocycles. The molecule has 9 heteroatoms. The second kappa shape index (κ2) is 5.70. The van der Waals surface area contributed by atoms with Gasteiger partial charge in [0.15, 0.2) is 11.8 Å². The van der Waals surface area contributed by atoms with Crippen LogP contribution in [0.15, 0.2) is 24.5 Å². The molecule has 0 aromatic carbocycles. The summed E-state index contributed by atoms with van der Waals surface area (Å²) in [6.45, 7) is 0.596. The van der Waals surface area contributed by atoms with Crippen molar-refractivity contribution in [2.45, 2.75) is 24.4 Å². The summed E-state index contributed by atoms with van der Waals surface area (Å²) >= 11 is 6.33. The molecule has 8 nitrogen and oxygen atoms in total. The SMILES string of the molecule is OC1CO[C@H]2[C@@H]1OC[C@H]2Oc1nc2nc(-c3cc[nH]c3)c(Cl)cc2[nH]1. The third kappa shape index (κ3) is 2.49. The van der Waals surface area contributed by atoms with Gasteiger partial charge in [0.25, 0.3) is 6.01 Å². The monoisotopic (exact) mass is 362 g/mol. The number of aliphatic hydroxyl groups is 1. The van der Waals surface area contributed by atoms with Gasteiger partial charge in [0, 0.05) is 18.0 Å². The van der Waals surface area contributed by atoms with E-state index in [0.29, 0.717) is 34.5 Å². The summed E-state index contributed by atoms with van der Waals surface area (Å²) < 4.78 is 17.0. The van der Waals surface area contributed by atoms with Gasteiger partial charge in [-0.2, -0.15) is 4.98 Å². The summed E-state index contributed by atoms with van der Waals surface area (Å²) in [6, 6.07) is 3.99. The number of aromatic amines is 2. The molecule has 0 spiro atoms. The molecule has 3 aromatic rings. The zero-order valence-corrected chi connectivity index (χ0v) is 13.7. The van der Waals surface area contributed by atoms with Gasteiger partial charge in [-0.05, 0) is 12.1 Å². The molecule has 0 amide bonds. The first-order valence-electron chi connectivity index (χ1n) is 7.96. The highest BCUT2D eigenvalue weighted by atomic mass is 35.5. The van der Waals surface area contributed by atoms with Crippen molar-refractivity contribution in [3.63, 3.8) is 0 Å². The molecule has 1 unspecified atom stereocenters. The number of halogens is 1. The number of ether oxygens (including phenoxy) is 3. The smallest absolute Gasteiger partial charge is 0.296 e. The summed E-state index contributed by atoms with van der Waals surface area (Å²) in [4.78, 5) is 15.0. The first-order valence-corrected chi connectivity index (χ1v) is 8.34. The number of rotatable bonds is 3. The van der Waals surface area contributed by atoms with Crippen LogP contribution in [-0.2, 0) is 9.47 Å². The Kier molecular flexibility index (Phi) is 3.46. The Bertz CT molecular complexity index is 912. The van der Waals surface area contributed by atoms with Crippen molar-refractivity contribution in [3.8, 4) is 17.3 Å². The molecule has 2 fully saturated rings. The first-order chi connectivity index (χ1) is 12.2. The van der Waals surface area contributed by atoms with Crippen LogP contribution in [0.2, 0.25) is 5.02 Å². The number of hydrogen-bond donors (Lipinski definition) is 3. The summed E-state index contributed by atoms with van der Waals surface area (Å²) in [5, 5.41) is 10.3. The van der Waals surface area contributed by atoms with E-state index in [0.717, 1.165) is 5.56 Å². The molecule has 5 heterocycles. The zero-order valence-electron chi connectivity index (χ0n) is 13.0. The highest BCUT2D eigenvalue weighted by Crippen LogP contribution is 2.31. The average molecular weight is 363 g/mol. The van der Waals surface area contributed by atoms with Crippen LogP contribution in [-0.4, -0.2) is 62.7 Å². The van der Waals surface area contributed by atoms with Crippen LogP contribution < -0.4 is 4.74 Å². The van der Waals surface area contributed by atoms with Crippen LogP contribution in [0, 0.1) is 0 Å². The van der Waals surface area contributed by atoms with E-state index in [-0.39, 0.29) is 24.9 Å². The number of hydrogen-bond acceptors (Lipinski definition) is 6. The Morgan fingerprint density at radius 2 is 2.12 bits per heavy atom. The van der Waals surface area contributed by atoms with Crippen LogP contribution in [0.5, 0.6) is 6.01 Å². The van der Waals surface area contributed by atoms with E-state index >= 15 is 0 Å². The van der Waals surface area contributed by atoms with Crippen molar-refractivity contribution in [2.75, 3.05) is 13.2 Å². The molecular weight excluding hydrogens is 348 g/mol. The molecule has 2 aliphatic rings. The maximum atomic E-state index is 9.79. The Morgan fingerprint density at radius 1 is 1.24 bits per heavy atom. The molecule has 2 saturated heterocycles. The number of H-pyrrole nitrogens is 2. The van der Waals surface area contributed by atoms with Crippen molar-refractivity contribution in [2.24, 2.45) is 0 Å².